The Labute approximate surface area is 191 Å². The van der Waals surface area contributed by atoms with Crippen molar-refractivity contribution in [1.29, 1.82) is 0 Å². The first-order chi connectivity index (χ1) is 16.2. The number of hydrogen-bond donors (Lipinski definition) is 0. The molecule has 0 saturated heterocycles. The molecule has 0 aliphatic rings. The molecular weight excluding hydrogens is 418 g/mol. The summed E-state index contributed by atoms with van der Waals surface area (Å²) in [5.74, 6) is 3.87. The second-order valence-corrected chi connectivity index (χ2v) is 7.58. The Balaban J connectivity index is 1.72. The molecule has 166 valence electrons. The highest BCUT2D eigenvalue weighted by Crippen LogP contribution is 2.44. The van der Waals surface area contributed by atoms with E-state index in [1.54, 1.807) is 20.5 Å². The molecular formula is C26H23N3O4. The molecule has 0 fully saturated rings. The van der Waals surface area contributed by atoms with Gasteiger partial charge in [-0.05, 0) is 54.1 Å². The molecule has 5 aromatic rings. The minimum absolute atomic E-state index is 0.517. The smallest absolute Gasteiger partial charge is 0.232 e. The van der Waals surface area contributed by atoms with Crippen molar-refractivity contribution in [3.05, 3.63) is 79.0 Å². The number of ether oxygens (including phenoxy) is 2. The van der Waals surface area contributed by atoms with Gasteiger partial charge in [0.1, 0.15) is 35.2 Å². The van der Waals surface area contributed by atoms with Crippen LogP contribution in [0.3, 0.4) is 0 Å². The SMILES string of the molecule is COc1ccc(-c2oc3ncnc(N(C)Cc4ccco4)c3c2-c2ccc(OC)cc2)cc1. The van der Waals surface area contributed by atoms with Crippen LogP contribution < -0.4 is 14.4 Å². The molecule has 0 radical (unpaired) electrons. The summed E-state index contributed by atoms with van der Waals surface area (Å²) in [6.07, 6.45) is 3.19. The maximum atomic E-state index is 6.32. The number of rotatable bonds is 7. The second-order valence-electron chi connectivity index (χ2n) is 7.58. The molecule has 0 atom stereocenters. The number of furan rings is 2. The molecule has 2 aromatic carbocycles. The fourth-order valence-corrected chi connectivity index (χ4v) is 3.90. The summed E-state index contributed by atoms with van der Waals surface area (Å²) >= 11 is 0. The lowest BCUT2D eigenvalue weighted by Gasteiger charge is -2.18. The third-order valence-corrected chi connectivity index (χ3v) is 5.53. The average Bonchev–Trinajstić information content (AvgIpc) is 3.51. The summed E-state index contributed by atoms with van der Waals surface area (Å²) < 4.78 is 22.5. The highest BCUT2D eigenvalue weighted by atomic mass is 16.5. The molecule has 0 saturated carbocycles. The lowest BCUT2D eigenvalue weighted by Crippen LogP contribution is -2.17. The summed E-state index contributed by atoms with van der Waals surface area (Å²) in [6, 6.07) is 19.5. The van der Waals surface area contributed by atoms with Crippen LogP contribution in [0.2, 0.25) is 0 Å². The first-order valence-electron chi connectivity index (χ1n) is 10.5. The van der Waals surface area contributed by atoms with Gasteiger partial charge in [-0.1, -0.05) is 12.1 Å². The van der Waals surface area contributed by atoms with Gasteiger partial charge in [0.25, 0.3) is 0 Å². The van der Waals surface area contributed by atoms with Crippen molar-refractivity contribution < 1.29 is 18.3 Å². The van der Waals surface area contributed by atoms with Crippen molar-refractivity contribution >= 4 is 16.9 Å². The minimum Gasteiger partial charge on any atom is -0.497 e. The largest absolute Gasteiger partial charge is 0.497 e. The fraction of sp³-hybridized carbons (Fsp3) is 0.154. The molecule has 0 aliphatic heterocycles. The van der Waals surface area contributed by atoms with E-state index in [-0.39, 0.29) is 0 Å². The van der Waals surface area contributed by atoms with Gasteiger partial charge in [-0.2, -0.15) is 0 Å². The lowest BCUT2D eigenvalue weighted by atomic mass is 9.99. The van der Waals surface area contributed by atoms with Gasteiger partial charge in [0.15, 0.2) is 0 Å². The lowest BCUT2D eigenvalue weighted by molar-refractivity contribution is 0.414. The molecule has 0 bridgehead atoms. The zero-order valence-corrected chi connectivity index (χ0v) is 18.6. The van der Waals surface area contributed by atoms with E-state index in [1.807, 2.05) is 72.6 Å². The topological polar surface area (TPSA) is 73.8 Å². The monoisotopic (exact) mass is 441 g/mol. The van der Waals surface area contributed by atoms with E-state index in [0.29, 0.717) is 18.0 Å². The molecule has 3 heterocycles. The molecule has 0 aliphatic carbocycles. The Kier molecular flexibility index (Phi) is 5.44. The van der Waals surface area contributed by atoms with Crippen molar-refractivity contribution in [2.75, 3.05) is 26.2 Å². The third-order valence-electron chi connectivity index (χ3n) is 5.53. The third kappa shape index (κ3) is 3.89. The van der Waals surface area contributed by atoms with E-state index in [1.165, 1.54) is 6.33 Å². The second kappa shape index (κ2) is 8.70. The van der Waals surface area contributed by atoms with E-state index in [9.17, 15) is 0 Å². The number of benzene rings is 2. The molecule has 3 aromatic heterocycles. The van der Waals surface area contributed by atoms with Crippen LogP contribution in [0.4, 0.5) is 5.82 Å². The van der Waals surface area contributed by atoms with Gasteiger partial charge in [0.2, 0.25) is 5.71 Å². The van der Waals surface area contributed by atoms with E-state index in [0.717, 1.165) is 45.2 Å². The normalized spacial score (nSPS) is 11.0. The van der Waals surface area contributed by atoms with Crippen molar-refractivity contribution in [3.63, 3.8) is 0 Å². The predicted molar refractivity (Wildman–Crippen MR) is 127 cm³/mol. The van der Waals surface area contributed by atoms with Gasteiger partial charge in [-0.15, -0.1) is 0 Å². The Hall–Kier alpha value is -4.26. The van der Waals surface area contributed by atoms with Crippen LogP contribution in [0.1, 0.15) is 5.76 Å². The van der Waals surface area contributed by atoms with Crippen LogP contribution in [0, 0.1) is 0 Å². The van der Waals surface area contributed by atoms with Crippen molar-refractivity contribution in [2.45, 2.75) is 6.54 Å². The first-order valence-corrected chi connectivity index (χ1v) is 10.5. The molecule has 7 nitrogen and oxygen atoms in total. The maximum Gasteiger partial charge on any atom is 0.232 e. The quantitative estimate of drug-likeness (QED) is 0.316. The number of aromatic nitrogens is 2. The van der Waals surface area contributed by atoms with Crippen molar-refractivity contribution in [3.8, 4) is 33.9 Å². The van der Waals surface area contributed by atoms with Crippen LogP contribution >= 0.6 is 0 Å². The average molecular weight is 441 g/mol. The molecule has 0 N–H and O–H groups in total. The van der Waals surface area contributed by atoms with E-state index in [2.05, 4.69) is 9.97 Å². The van der Waals surface area contributed by atoms with Crippen LogP contribution in [0.5, 0.6) is 11.5 Å². The molecule has 33 heavy (non-hydrogen) atoms. The van der Waals surface area contributed by atoms with Crippen LogP contribution in [-0.4, -0.2) is 31.2 Å². The van der Waals surface area contributed by atoms with Gasteiger partial charge < -0.3 is 23.2 Å². The minimum atomic E-state index is 0.517. The zero-order valence-electron chi connectivity index (χ0n) is 18.6. The fourth-order valence-electron chi connectivity index (χ4n) is 3.90. The number of hydrogen-bond acceptors (Lipinski definition) is 7. The Morgan fingerprint density at radius 3 is 2.12 bits per heavy atom. The summed E-state index contributed by atoms with van der Waals surface area (Å²) in [5, 5.41) is 0.836. The summed E-state index contributed by atoms with van der Waals surface area (Å²) in [4.78, 5) is 11.1. The van der Waals surface area contributed by atoms with Gasteiger partial charge in [-0.25, -0.2) is 9.97 Å². The number of anilines is 1. The summed E-state index contributed by atoms with van der Waals surface area (Å²) in [7, 11) is 5.28. The Morgan fingerprint density at radius 1 is 0.848 bits per heavy atom. The van der Waals surface area contributed by atoms with Gasteiger partial charge in [0.05, 0.1) is 32.4 Å². The maximum absolute atomic E-state index is 6.32. The van der Waals surface area contributed by atoms with E-state index in [4.69, 9.17) is 18.3 Å². The van der Waals surface area contributed by atoms with Gasteiger partial charge in [-0.3, -0.25) is 0 Å². The number of nitrogens with zero attached hydrogens (tertiary/aromatic N) is 3. The van der Waals surface area contributed by atoms with Crippen LogP contribution in [0.15, 0.2) is 82.1 Å². The first kappa shape index (κ1) is 20.6. The summed E-state index contributed by atoms with van der Waals surface area (Å²) in [5.41, 5.74) is 3.32. The predicted octanol–water partition coefficient (Wildman–Crippen LogP) is 5.80. The van der Waals surface area contributed by atoms with E-state index < -0.39 is 0 Å². The van der Waals surface area contributed by atoms with Crippen LogP contribution in [-0.2, 0) is 6.54 Å². The van der Waals surface area contributed by atoms with Crippen molar-refractivity contribution in [1.82, 2.24) is 9.97 Å². The van der Waals surface area contributed by atoms with Gasteiger partial charge in [0, 0.05) is 18.2 Å². The zero-order chi connectivity index (χ0) is 22.8. The molecule has 5 rings (SSSR count). The molecule has 0 amide bonds. The molecule has 7 heteroatoms. The Bertz CT molecular complexity index is 1360. The highest BCUT2D eigenvalue weighted by molar-refractivity contribution is 6.06. The molecule has 0 spiro atoms. The Morgan fingerprint density at radius 2 is 1.52 bits per heavy atom. The number of methoxy groups -OCH3 is 2. The summed E-state index contributed by atoms with van der Waals surface area (Å²) in [6.45, 7) is 0.560. The standard InChI is InChI=1S/C26H23N3O4/c1-29(15-21-5-4-14-32-21)25-23-22(17-6-10-19(30-2)11-7-17)24(33-26(23)28-16-27-25)18-8-12-20(31-3)13-9-18/h4-14,16H,15H2,1-3H3. The number of fused-ring (bicyclic) bond motifs is 1. The van der Waals surface area contributed by atoms with Crippen LogP contribution in [0.25, 0.3) is 33.6 Å². The van der Waals surface area contributed by atoms with Gasteiger partial charge >= 0.3 is 0 Å². The molecule has 0 unspecified atom stereocenters. The highest BCUT2D eigenvalue weighted by Gasteiger charge is 2.24. The van der Waals surface area contributed by atoms with Crippen molar-refractivity contribution in [2.24, 2.45) is 0 Å². The van der Waals surface area contributed by atoms with E-state index >= 15 is 0 Å².